The van der Waals surface area contributed by atoms with Gasteiger partial charge in [0.1, 0.15) is 0 Å². The summed E-state index contributed by atoms with van der Waals surface area (Å²) >= 11 is 5.93. The van der Waals surface area contributed by atoms with Crippen molar-refractivity contribution in [2.24, 2.45) is 0 Å². The lowest BCUT2D eigenvalue weighted by molar-refractivity contribution is 1.15. The highest BCUT2D eigenvalue weighted by Crippen LogP contribution is 2.26. The van der Waals surface area contributed by atoms with E-state index < -0.39 is 0 Å². The van der Waals surface area contributed by atoms with Crippen molar-refractivity contribution >= 4 is 22.4 Å². The summed E-state index contributed by atoms with van der Waals surface area (Å²) in [6.45, 7) is 2.18. The van der Waals surface area contributed by atoms with Crippen molar-refractivity contribution in [1.29, 1.82) is 0 Å². The van der Waals surface area contributed by atoms with Gasteiger partial charge in [-0.05, 0) is 52.1 Å². The number of hydrogen-bond donors (Lipinski definition) is 0. The number of halogens is 1. The van der Waals surface area contributed by atoms with E-state index in [2.05, 4.69) is 55.5 Å². The molecule has 0 fully saturated rings. The van der Waals surface area contributed by atoms with E-state index in [0.29, 0.717) is 0 Å². The summed E-state index contributed by atoms with van der Waals surface area (Å²) in [5, 5.41) is 3.36. The van der Waals surface area contributed by atoms with Gasteiger partial charge in [-0.1, -0.05) is 61.0 Å². The molecule has 94 valence electrons. The first-order valence-electron chi connectivity index (χ1n) is 6.55. The number of fused-ring (bicyclic) bond motifs is 1. The van der Waals surface area contributed by atoms with Crippen LogP contribution in [0.5, 0.6) is 0 Å². The monoisotopic (exact) mass is 266 g/mol. The van der Waals surface area contributed by atoms with Crippen molar-refractivity contribution in [2.45, 2.75) is 13.3 Å². The van der Waals surface area contributed by atoms with Crippen LogP contribution in [0.1, 0.15) is 12.5 Å². The fourth-order valence-electron chi connectivity index (χ4n) is 2.34. The third-order valence-electron chi connectivity index (χ3n) is 3.49. The third kappa shape index (κ3) is 2.50. The lowest BCUT2D eigenvalue weighted by Crippen LogP contribution is -1.82. The molecule has 19 heavy (non-hydrogen) atoms. The van der Waals surface area contributed by atoms with Crippen LogP contribution in [0.15, 0.2) is 60.7 Å². The number of rotatable bonds is 2. The van der Waals surface area contributed by atoms with Crippen molar-refractivity contribution in [3.05, 3.63) is 71.2 Å². The van der Waals surface area contributed by atoms with E-state index in [9.17, 15) is 0 Å². The quantitative estimate of drug-likeness (QED) is 0.556. The van der Waals surface area contributed by atoms with E-state index in [1.807, 2.05) is 12.1 Å². The molecule has 0 amide bonds. The zero-order valence-electron chi connectivity index (χ0n) is 10.9. The Morgan fingerprint density at radius 2 is 1.37 bits per heavy atom. The topological polar surface area (TPSA) is 0 Å². The van der Waals surface area contributed by atoms with Gasteiger partial charge in [0.15, 0.2) is 0 Å². The van der Waals surface area contributed by atoms with Crippen LogP contribution in [-0.4, -0.2) is 0 Å². The largest absolute Gasteiger partial charge is 0.0843 e. The van der Waals surface area contributed by atoms with Crippen LogP contribution < -0.4 is 0 Å². The molecule has 0 saturated carbocycles. The van der Waals surface area contributed by atoms with Gasteiger partial charge in [-0.2, -0.15) is 0 Å². The third-order valence-corrected chi connectivity index (χ3v) is 3.74. The molecule has 0 aliphatic rings. The first-order chi connectivity index (χ1) is 9.26. The van der Waals surface area contributed by atoms with Crippen LogP contribution in [-0.2, 0) is 6.42 Å². The average Bonchev–Trinajstić information content (AvgIpc) is 2.47. The second-order valence-electron chi connectivity index (χ2n) is 4.76. The summed E-state index contributed by atoms with van der Waals surface area (Å²) in [6, 6.07) is 21.3. The summed E-state index contributed by atoms with van der Waals surface area (Å²) in [5.41, 5.74) is 3.81. The van der Waals surface area contributed by atoms with Crippen molar-refractivity contribution in [2.75, 3.05) is 0 Å². The zero-order chi connectivity index (χ0) is 13.2. The van der Waals surface area contributed by atoms with Gasteiger partial charge in [-0.3, -0.25) is 0 Å². The summed E-state index contributed by atoms with van der Waals surface area (Å²) in [7, 11) is 0. The number of benzene rings is 3. The van der Waals surface area contributed by atoms with E-state index in [1.165, 1.54) is 27.5 Å². The predicted molar refractivity (Wildman–Crippen MR) is 83.8 cm³/mol. The lowest BCUT2D eigenvalue weighted by Gasteiger charge is -2.06. The second kappa shape index (κ2) is 5.07. The summed E-state index contributed by atoms with van der Waals surface area (Å²) in [5.74, 6) is 0. The van der Waals surface area contributed by atoms with Crippen LogP contribution in [0.4, 0.5) is 0 Å². The fraction of sp³-hybridized carbons (Fsp3) is 0.111. The molecule has 0 saturated heterocycles. The minimum atomic E-state index is 0.775. The highest BCUT2D eigenvalue weighted by molar-refractivity contribution is 6.30. The summed E-state index contributed by atoms with van der Waals surface area (Å²) < 4.78 is 0. The van der Waals surface area contributed by atoms with Crippen molar-refractivity contribution in [3.8, 4) is 11.1 Å². The molecule has 0 aromatic heterocycles. The summed E-state index contributed by atoms with van der Waals surface area (Å²) in [6.07, 6.45) is 1.08. The van der Waals surface area contributed by atoms with Gasteiger partial charge in [-0.15, -0.1) is 0 Å². The molecule has 0 radical (unpaired) electrons. The number of aryl methyl sites for hydroxylation is 1. The van der Waals surface area contributed by atoms with Gasteiger partial charge < -0.3 is 0 Å². The molecule has 0 bridgehead atoms. The first kappa shape index (κ1) is 12.3. The molecular formula is C18H15Cl. The fourth-order valence-corrected chi connectivity index (χ4v) is 2.46. The van der Waals surface area contributed by atoms with Crippen LogP contribution >= 0.6 is 11.6 Å². The Kier molecular flexibility index (Phi) is 3.27. The van der Waals surface area contributed by atoms with Crippen molar-refractivity contribution in [3.63, 3.8) is 0 Å². The van der Waals surface area contributed by atoms with Gasteiger partial charge in [0, 0.05) is 5.02 Å². The SMILES string of the molecule is CCc1ccc2cc(-c3ccc(Cl)cc3)ccc2c1. The smallest absolute Gasteiger partial charge is 0.0406 e. The van der Waals surface area contributed by atoms with Crippen molar-refractivity contribution < 1.29 is 0 Å². The Balaban J connectivity index is 2.08. The average molecular weight is 267 g/mol. The second-order valence-corrected chi connectivity index (χ2v) is 5.19. The molecule has 0 nitrogen and oxygen atoms in total. The molecule has 0 heterocycles. The van der Waals surface area contributed by atoms with Crippen molar-refractivity contribution in [1.82, 2.24) is 0 Å². The lowest BCUT2D eigenvalue weighted by atomic mass is 9.99. The standard InChI is InChI=1S/C18H15Cl/c1-2-13-3-4-17-12-16(6-5-15(17)11-13)14-7-9-18(19)10-8-14/h3-12H,2H2,1H3. The minimum absolute atomic E-state index is 0.775. The Bertz CT molecular complexity index is 711. The first-order valence-corrected chi connectivity index (χ1v) is 6.93. The normalized spacial score (nSPS) is 10.8. The highest BCUT2D eigenvalue weighted by Gasteiger charge is 2.00. The van der Waals surface area contributed by atoms with Crippen LogP contribution in [0.25, 0.3) is 21.9 Å². The molecule has 3 aromatic rings. The Labute approximate surface area is 118 Å². The van der Waals surface area contributed by atoms with Gasteiger partial charge >= 0.3 is 0 Å². The molecule has 3 rings (SSSR count). The van der Waals surface area contributed by atoms with Crippen LogP contribution in [0.3, 0.4) is 0 Å². The molecule has 1 heteroatoms. The van der Waals surface area contributed by atoms with Gasteiger partial charge in [-0.25, -0.2) is 0 Å². The molecule has 0 aliphatic heterocycles. The van der Waals surface area contributed by atoms with Gasteiger partial charge in [0.2, 0.25) is 0 Å². The maximum absolute atomic E-state index is 5.93. The Morgan fingerprint density at radius 1 is 0.737 bits per heavy atom. The molecule has 3 aromatic carbocycles. The molecule has 0 unspecified atom stereocenters. The zero-order valence-corrected chi connectivity index (χ0v) is 11.6. The highest BCUT2D eigenvalue weighted by atomic mass is 35.5. The van der Waals surface area contributed by atoms with Gasteiger partial charge in [0.25, 0.3) is 0 Å². The van der Waals surface area contributed by atoms with E-state index in [-0.39, 0.29) is 0 Å². The predicted octanol–water partition coefficient (Wildman–Crippen LogP) is 5.72. The van der Waals surface area contributed by atoms with E-state index in [0.717, 1.165) is 11.4 Å². The maximum atomic E-state index is 5.93. The molecule has 0 spiro atoms. The molecule has 0 aliphatic carbocycles. The Hall–Kier alpha value is -1.79. The Morgan fingerprint density at radius 3 is 2.11 bits per heavy atom. The van der Waals surface area contributed by atoms with Gasteiger partial charge in [0.05, 0.1) is 0 Å². The molecule has 0 atom stereocenters. The van der Waals surface area contributed by atoms with E-state index in [1.54, 1.807) is 0 Å². The molecular weight excluding hydrogens is 252 g/mol. The number of hydrogen-bond acceptors (Lipinski definition) is 0. The maximum Gasteiger partial charge on any atom is 0.0406 e. The summed E-state index contributed by atoms with van der Waals surface area (Å²) in [4.78, 5) is 0. The molecule has 0 N–H and O–H groups in total. The van der Waals surface area contributed by atoms with Crippen LogP contribution in [0.2, 0.25) is 5.02 Å². The van der Waals surface area contributed by atoms with E-state index in [4.69, 9.17) is 11.6 Å². The van der Waals surface area contributed by atoms with Crippen LogP contribution in [0, 0.1) is 0 Å². The van der Waals surface area contributed by atoms with E-state index >= 15 is 0 Å². The minimum Gasteiger partial charge on any atom is -0.0843 e.